The van der Waals surface area contributed by atoms with Crippen molar-refractivity contribution in [1.29, 1.82) is 0 Å². The topological polar surface area (TPSA) is 63.4 Å². The van der Waals surface area contributed by atoms with E-state index in [1.54, 1.807) is 18.2 Å². The van der Waals surface area contributed by atoms with Gasteiger partial charge in [-0.3, -0.25) is 0 Å². The van der Waals surface area contributed by atoms with Crippen LogP contribution in [0.3, 0.4) is 0 Å². The zero-order valence-corrected chi connectivity index (χ0v) is 15.6. The van der Waals surface area contributed by atoms with Crippen molar-refractivity contribution in [2.45, 2.75) is 30.7 Å². The lowest BCUT2D eigenvalue weighted by Crippen LogP contribution is -2.45. The van der Waals surface area contributed by atoms with Crippen molar-refractivity contribution in [3.8, 4) is 0 Å². The Labute approximate surface area is 145 Å². The molecular formula is C13H19BrCl2N2O2S. The van der Waals surface area contributed by atoms with Gasteiger partial charge in [-0.05, 0) is 53.7 Å². The van der Waals surface area contributed by atoms with Gasteiger partial charge >= 0.3 is 0 Å². The summed E-state index contributed by atoms with van der Waals surface area (Å²) in [5.41, 5.74) is 5.91. The molecule has 1 saturated heterocycles. The number of benzene rings is 1. The van der Waals surface area contributed by atoms with E-state index in [1.165, 1.54) is 4.31 Å². The van der Waals surface area contributed by atoms with Gasteiger partial charge in [-0.25, -0.2) is 8.42 Å². The quantitative estimate of drug-likeness (QED) is 0.820. The lowest BCUT2D eigenvalue weighted by molar-refractivity contribution is 0.243. The van der Waals surface area contributed by atoms with Crippen LogP contribution in [-0.2, 0) is 10.0 Å². The van der Waals surface area contributed by atoms with E-state index >= 15 is 0 Å². The maximum atomic E-state index is 12.7. The molecule has 0 bridgehead atoms. The van der Waals surface area contributed by atoms with E-state index in [-0.39, 0.29) is 29.3 Å². The van der Waals surface area contributed by atoms with Gasteiger partial charge in [-0.2, -0.15) is 4.31 Å². The average Bonchev–Trinajstić information content (AvgIpc) is 2.41. The van der Waals surface area contributed by atoms with Crippen molar-refractivity contribution in [3.05, 3.63) is 27.7 Å². The van der Waals surface area contributed by atoms with Crippen LogP contribution in [-0.4, -0.2) is 31.9 Å². The first-order valence-electron chi connectivity index (χ1n) is 6.53. The van der Waals surface area contributed by atoms with Crippen LogP contribution in [0.1, 0.15) is 19.8 Å². The summed E-state index contributed by atoms with van der Waals surface area (Å²) in [5, 5.41) is 0.395. The minimum Gasteiger partial charge on any atom is -0.328 e. The zero-order chi connectivity index (χ0) is 14.9. The molecule has 0 radical (unpaired) electrons. The maximum absolute atomic E-state index is 12.7. The van der Waals surface area contributed by atoms with E-state index in [2.05, 4.69) is 15.9 Å². The predicted octanol–water partition coefficient (Wildman–Crippen LogP) is 3.27. The molecule has 2 N–H and O–H groups in total. The third-order valence-electron chi connectivity index (χ3n) is 3.70. The van der Waals surface area contributed by atoms with E-state index in [0.29, 0.717) is 22.6 Å². The fourth-order valence-corrected chi connectivity index (χ4v) is 5.17. The number of sulfonamides is 1. The van der Waals surface area contributed by atoms with Crippen LogP contribution < -0.4 is 5.73 Å². The maximum Gasteiger partial charge on any atom is 0.244 e. The number of halogens is 3. The van der Waals surface area contributed by atoms with Gasteiger partial charge in [0, 0.05) is 19.1 Å². The summed E-state index contributed by atoms with van der Waals surface area (Å²) in [6.45, 7) is 2.93. The highest BCUT2D eigenvalue weighted by molar-refractivity contribution is 9.10. The van der Waals surface area contributed by atoms with Crippen molar-refractivity contribution in [2.24, 2.45) is 11.7 Å². The van der Waals surface area contributed by atoms with E-state index < -0.39 is 10.0 Å². The molecule has 2 rings (SSSR count). The molecule has 1 aromatic rings. The minimum absolute atomic E-state index is 0. The van der Waals surface area contributed by atoms with Gasteiger partial charge in [-0.15, -0.1) is 12.4 Å². The normalized spacial score (nSPS) is 21.6. The number of piperidine rings is 1. The van der Waals surface area contributed by atoms with Crippen LogP contribution in [0.25, 0.3) is 0 Å². The molecule has 1 aliphatic heterocycles. The van der Waals surface area contributed by atoms with Crippen molar-refractivity contribution in [1.82, 2.24) is 4.31 Å². The molecule has 2 unspecified atom stereocenters. The molecule has 0 amide bonds. The van der Waals surface area contributed by atoms with Crippen LogP contribution >= 0.6 is 39.9 Å². The number of nitrogens with zero attached hydrogens (tertiary/aromatic N) is 1. The Bertz CT molecular complexity index is 596. The molecule has 8 heteroatoms. The highest BCUT2D eigenvalue weighted by Gasteiger charge is 2.32. The first-order chi connectivity index (χ1) is 9.34. The smallest absolute Gasteiger partial charge is 0.244 e. The first-order valence-corrected chi connectivity index (χ1v) is 9.15. The summed E-state index contributed by atoms with van der Waals surface area (Å²) in [5.74, 6) is 0.205. The second-order valence-corrected chi connectivity index (χ2v) is 8.28. The number of nitrogens with two attached hydrogens (primary N) is 1. The van der Waals surface area contributed by atoms with Gasteiger partial charge in [0.2, 0.25) is 10.0 Å². The van der Waals surface area contributed by atoms with Gasteiger partial charge < -0.3 is 5.73 Å². The molecule has 2 atom stereocenters. The van der Waals surface area contributed by atoms with Crippen molar-refractivity contribution in [3.63, 3.8) is 0 Å². The average molecular weight is 418 g/mol. The number of hydrogen-bond acceptors (Lipinski definition) is 3. The van der Waals surface area contributed by atoms with E-state index in [0.717, 1.165) is 12.8 Å². The minimum atomic E-state index is -3.54. The fraction of sp³-hybridized carbons (Fsp3) is 0.538. The molecule has 1 fully saturated rings. The summed E-state index contributed by atoms with van der Waals surface area (Å²) >= 11 is 9.25. The van der Waals surface area contributed by atoms with E-state index in [4.69, 9.17) is 17.3 Å². The van der Waals surface area contributed by atoms with Crippen LogP contribution in [0.15, 0.2) is 27.6 Å². The fourth-order valence-electron chi connectivity index (χ4n) is 2.44. The lowest BCUT2D eigenvalue weighted by atomic mass is 9.93. The van der Waals surface area contributed by atoms with Gasteiger partial charge in [0.25, 0.3) is 0 Å². The summed E-state index contributed by atoms with van der Waals surface area (Å²) in [6.07, 6.45) is 1.81. The Balaban J connectivity index is 0.00000220. The van der Waals surface area contributed by atoms with Crippen LogP contribution in [0, 0.1) is 5.92 Å². The van der Waals surface area contributed by atoms with Gasteiger partial charge in [0.15, 0.2) is 0 Å². The number of hydrogen-bond donors (Lipinski definition) is 1. The summed E-state index contributed by atoms with van der Waals surface area (Å²) in [7, 11) is -3.54. The van der Waals surface area contributed by atoms with Gasteiger partial charge in [0.1, 0.15) is 0 Å². The van der Waals surface area contributed by atoms with E-state index in [1.807, 2.05) is 6.92 Å². The molecule has 120 valence electrons. The van der Waals surface area contributed by atoms with Gasteiger partial charge in [-0.1, -0.05) is 17.7 Å². The van der Waals surface area contributed by atoms with Crippen molar-refractivity contribution in [2.75, 3.05) is 13.1 Å². The summed E-state index contributed by atoms with van der Waals surface area (Å²) in [4.78, 5) is 0.218. The Morgan fingerprint density at radius 3 is 2.76 bits per heavy atom. The molecule has 1 aromatic carbocycles. The second-order valence-electron chi connectivity index (χ2n) is 5.18. The molecule has 0 saturated carbocycles. The Morgan fingerprint density at radius 1 is 1.48 bits per heavy atom. The van der Waals surface area contributed by atoms with Crippen molar-refractivity contribution >= 4 is 50.0 Å². The van der Waals surface area contributed by atoms with Crippen LogP contribution in [0.2, 0.25) is 5.02 Å². The molecular weight excluding hydrogens is 399 g/mol. The van der Waals surface area contributed by atoms with E-state index in [9.17, 15) is 8.42 Å². The Hall–Kier alpha value is 0.150. The standard InChI is InChI=1S/C13H18BrClN2O2S.ClH/c1-9(16)10-4-3-7-17(8-10)20(18,19)12-6-2-5-11(15)13(12)14;/h2,5-6,9-10H,3-4,7-8,16H2,1H3;1H. The van der Waals surface area contributed by atoms with Crippen LogP contribution in [0.4, 0.5) is 0 Å². The predicted molar refractivity (Wildman–Crippen MR) is 91.5 cm³/mol. The lowest BCUT2D eigenvalue weighted by Gasteiger charge is -2.34. The third kappa shape index (κ3) is 4.12. The van der Waals surface area contributed by atoms with Crippen molar-refractivity contribution < 1.29 is 8.42 Å². The number of rotatable bonds is 3. The van der Waals surface area contributed by atoms with Crippen LogP contribution in [0.5, 0.6) is 0 Å². The monoisotopic (exact) mass is 416 g/mol. The molecule has 1 heterocycles. The molecule has 0 aromatic heterocycles. The second kappa shape index (κ2) is 7.62. The molecule has 0 aliphatic carbocycles. The highest BCUT2D eigenvalue weighted by Crippen LogP contribution is 2.33. The first kappa shape index (κ1) is 19.2. The summed E-state index contributed by atoms with van der Waals surface area (Å²) in [6, 6.07) is 4.87. The summed E-state index contributed by atoms with van der Waals surface area (Å²) < 4.78 is 27.4. The Kier molecular flexibility index (Phi) is 6.96. The SMILES string of the molecule is CC(N)C1CCCN(S(=O)(=O)c2cccc(Cl)c2Br)C1.Cl. The molecule has 0 spiro atoms. The molecule has 4 nitrogen and oxygen atoms in total. The highest BCUT2D eigenvalue weighted by atomic mass is 79.9. The van der Waals surface area contributed by atoms with Gasteiger partial charge in [0.05, 0.1) is 14.4 Å². The zero-order valence-electron chi connectivity index (χ0n) is 11.6. The molecule has 1 aliphatic rings. The largest absolute Gasteiger partial charge is 0.328 e. The third-order valence-corrected chi connectivity index (χ3v) is 7.27. The molecule has 21 heavy (non-hydrogen) atoms. The Morgan fingerprint density at radius 2 is 2.14 bits per heavy atom.